The van der Waals surface area contributed by atoms with E-state index in [4.69, 9.17) is 27.9 Å². The number of hydrogen-bond acceptors (Lipinski definition) is 6. The third-order valence-electron chi connectivity index (χ3n) is 7.52. The van der Waals surface area contributed by atoms with Gasteiger partial charge >= 0.3 is 6.09 Å². The number of thioether (sulfide) groups is 1. The molecule has 0 radical (unpaired) electrons. The van der Waals surface area contributed by atoms with E-state index in [0.29, 0.717) is 46.4 Å². The molecule has 0 saturated carbocycles. The molecule has 218 valence electrons. The average Bonchev–Trinajstić information content (AvgIpc) is 3.35. The Hall–Kier alpha value is -2.75. The molecule has 2 saturated heterocycles. The first kappa shape index (κ1) is 29.7. The number of piperidine rings is 1. The lowest BCUT2D eigenvalue weighted by Gasteiger charge is -2.52. The van der Waals surface area contributed by atoms with Gasteiger partial charge in [0.05, 0.1) is 11.1 Å². The van der Waals surface area contributed by atoms with Crippen LogP contribution in [0.4, 0.5) is 4.79 Å². The predicted octanol–water partition coefficient (Wildman–Crippen LogP) is 6.89. The molecule has 0 spiro atoms. The summed E-state index contributed by atoms with van der Waals surface area (Å²) in [4.78, 5) is 29.6. The molecule has 3 heterocycles. The molecule has 41 heavy (non-hydrogen) atoms. The van der Waals surface area contributed by atoms with Crippen LogP contribution in [0.3, 0.4) is 0 Å². The molecule has 2 fully saturated rings. The van der Waals surface area contributed by atoms with E-state index in [2.05, 4.69) is 10.2 Å². The molecule has 1 aromatic heterocycles. The number of ether oxygens (including phenoxy) is 1. The van der Waals surface area contributed by atoms with Crippen LogP contribution in [-0.4, -0.2) is 73.6 Å². The standard InChI is InChI=1S/C30H35Cl2N5O3S/c1-19-6-11-23(16-24(19)32)37-25(20-7-9-21(31)10-8-20)33-34-27(37)41-18-30(5)17-36(26(30)38)22-12-14-35(15-13-22)28(39)40-29(2,3)4/h6-11,16,22H,12-15,17-18H2,1-5H3. The SMILES string of the molecule is Cc1ccc(-n2c(SCC3(C)CN(C4CCN(C(=O)OC(C)(C)C)CC4)C3=O)nnc2-c2ccc(Cl)cc2)cc1Cl. The van der Waals surface area contributed by atoms with Crippen molar-refractivity contribution in [2.24, 2.45) is 5.41 Å². The topological polar surface area (TPSA) is 80.6 Å². The van der Waals surface area contributed by atoms with Gasteiger partial charge in [-0.1, -0.05) is 41.0 Å². The number of carbonyl (C=O) groups excluding carboxylic acids is 2. The van der Waals surface area contributed by atoms with Gasteiger partial charge in [0.15, 0.2) is 11.0 Å². The lowest BCUT2D eigenvalue weighted by atomic mass is 9.80. The summed E-state index contributed by atoms with van der Waals surface area (Å²) in [6.07, 6.45) is 1.21. The number of amides is 2. The van der Waals surface area contributed by atoms with Crippen LogP contribution in [-0.2, 0) is 9.53 Å². The molecule has 11 heteroatoms. The third-order valence-corrected chi connectivity index (χ3v) is 9.49. The highest BCUT2D eigenvalue weighted by atomic mass is 35.5. The fraction of sp³-hybridized carbons (Fsp3) is 0.467. The molecule has 8 nitrogen and oxygen atoms in total. The van der Waals surface area contributed by atoms with Crippen molar-refractivity contribution in [1.82, 2.24) is 24.6 Å². The molecule has 2 aliphatic rings. The van der Waals surface area contributed by atoms with E-state index in [0.717, 1.165) is 29.7 Å². The van der Waals surface area contributed by atoms with Crippen molar-refractivity contribution < 1.29 is 14.3 Å². The minimum absolute atomic E-state index is 0.133. The van der Waals surface area contributed by atoms with Crippen LogP contribution in [0.1, 0.15) is 46.1 Å². The lowest BCUT2D eigenvalue weighted by Crippen LogP contribution is -2.65. The first-order valence-electron chi connectivity index (χ1n) is 13.7. The van der Waals surface area contributed by atoms with E-state index < -0.39 is 11.0 Å². The second-order valence-corrected chi connectivity index (χ2v) is 13.8. The van der Waals surface area contributed by atoms with Crippen molar-refractivity contribution in [2.75, 3.05) is 25.4 Å². The number of aromatic nitrogens is 3. The predicted molar refractivity (Wildman–Crippen MR) is 163 cm³/mol. The zero-order valence-corrected chi connectivity index (χ0v) is 26.3. The van der Waals surface area contributed by atoms with E-state index in [-0.39, 0.29) is 18.0 Å². The second kappa shape index (κ2) is 11.5. The number of hydrogen-bond donors (Lipinski definition) is 0. The summed E-state index contributed by atoms with van der Waals surface area (Å²) in [6, 6.07) is 13.5. The van der Waals surface area contributed by atoms with Crippen LogP contribution in [0.2, 0.25) is 10.0 Å². The van der Waals surface area contributed by atoms with E-state index in [9.17, 15) is 9.59 Å². The quantitative estimate of drug-likeness (QED) is 0.222. The van der Waals surface area contributed by atoms with Crippen LogP contribution in [0.15, 0.2) is 47.6 Å². The Labute approximate surface area is 255 Å². The van der Waals surface area contributed by atoms with Crippen molar-refractivity contribution in [1.29, 1.82) is 0 Å². The number of β-lactam (4-membered cyclic amide) rings is 1. The normalized spacial score (nSPS) is 19.8. The number of rotatable bonds is 6. The molecule has 2 aliphatic heterocycles. The molecular formula is C30H35Cl2N5O3S. The molecule has 2 aromatic carbocycles. The molecule has 2 amide bonds. The van der Waals surface area contributed by atoms with Crippen molar-refractivity contribution in [3.05, 3.63) is 58.1 Å². The zero-order chi connectivity index (χ0) is 29.5. The smallest absolute Gasteiger partial charge is 0.410 e. The van der Waals surface area contributed by atoms with Crippen LogP contribution in [0.25, 0.3) is 17.1 Å². The fourth-order valence-corrected chi connectivity index (χ4v) is 6.57. The maximum atomic E-state index is 13.4. The van der Waals surface area contributed by atoms with Crippen molar-refractivity contribution in [2.45, 2.75) is 64.3 Å². The Morgan fingerprint density at radius 3 is 2.39 bits per heavy atom. The number of aryl methyl sites for hydroxylation is 1. The van der Waals surface area contributed by atoms with Gasteiger partial charge in [-0.15, -0.1) is 10.2 Å². The zero-order valence-electron chi connectivity index (χ0n) is 24.0. The first-order valence-corrected chi connectivity index (χ1v) is 15.5. The molecule has 1 unspecified atom stereocenters. The summed E-state index contributed by atoms with van der Waals surface area (Å²) < 4.78 is 7.49. The highest BCUT2D eigenvalue weighted by Crippen LogP contribution is 2.41. The molecule has 5 rings (SSSR count). The Bertz CT molecular complexity index is 1450. The maximum absolute atomic E-state index is 13.4. The van der Waals surface area contributed by atoms with Gasteiger partial charge in [0.2, 0.25) is 5.91 Å². The molecule has 0 N–H and O–H groups in total. The van der Waals surface area contributed by atoms with Gasteiger partial charge in [0, 0.05) is 47.0 Å². The summed E-state index contributed by atoms with van der Waals surface area (Å²) in [6.45, 7) is 11.4. The maximum Gasteiger partial charge on any atom is 0.410 e. The average molecular weight is 617 g/mol. The van der Waals surface area contributed by atoms with Gasteiger partial charge in [0.1, 0.15) is 5.60 Å². The van der Waals surface area contributed by atoms with Gasteiger partial charge in [-0.2, -0.15) is 0 Å². The number of benzene rings is 2. The number of carbonyl (C=O) groups is 2. The highest BCUT2D eigenvalue weighted by Gasteiger charge is 2.51. The summed E-state index contributed by atoms with van der Waals surface area (Å²) >= 11 is 14.1. The number of nitrogens with zero attached hydrogens (tertiary/aromatic N) is 5. The van der Waals surface area contributed by atoms with Gasteiger partial charge in [-0.25, -0.2) is 4.79 Å². The van der Waals surface area contributed by atoms with E-state index >= 15 is 0 Å². The fourth-order valence-electron chi connectivity index (χ4n) is 5.19. The van der Waals surface area contributed by atoms with E-state index in [1.54, 1.807) is 4.90 Å². The van der Waals surface area contributed by atoms with Gasteiger partial charge < -0.3 is 14.5 Å². The first-order chi connectivity index (χ1) is 19.3. The third kappa shape index (κ3) is 6.37. The highest BCUT2D eigenvalue weighted by molar-refractivity contribution is 7.99. The van der Waals surface area contributed by atoms with Gasteiger partial charge in [-0.05, 0) is 89.4 Å². The van der Waals surface area contributed by atoms with Gasteiger partial charge in [0.25, 0.3) is 0 Å². The molecule has 3 aromatic rings. The number of halogens is 2. The van der Waals surface area contributed by atoms with Crippen LogP contribution in [0, 0.1) is 12.3 Å². The molecular weight excluding hydrogens is 581 g/mol. The molecule has 0 aliphatic carbocycles. The van der Waals surface area contributed by atoms with E-state index in [1.807, 2.05) is 86.6 Å². The van der Waals surface area contributed by atoms with Crippen molar-refractivity contribution >= 4 is 47.0 Å². The minimum atomic E-state index is -0.521. The van der Waals surface area contributed by atoms with Crippen LogP contribution in [0.5, 0.6) is 0 Å². The Morgan fingerprint density at radius 2 is 1.78 bits per heavy atom. The lowest BCUT2D eigenvalue weighted by molar-refractivity contribution is -0.161. The summed E-state index contributed by atoms with van der Waals surface area (Å²) in [5, 5.41) is 11.0. The Kier molecular flexibility index (Phi) is 8.34. The molecule has 0 bridgehead atoms. The summed E-state index contributed by atoms with van der Waals surface area (Å²) in [5.74, 6) is 1.38. The van der Waals surface area contributed by atoms with Crippen LogP contribution >= 0.6 is 35.0 Å². The van der Waals surface area contributed by atoms with E-state index in [1.165, 1.54) is 11.8 Å². The van der Waals surface area contributed by atoms with Gasteiger partial charge in [-0.3, -0.25) is 9.36 Å². The minimum Gasteiger partial charge on any atom is -0.444 e. The largest absolute Gasteiger partial charge is 0.444 e. The molecule has 1 atom stereocenters. The Balaban J connectivity index is 1.27. The second-order valence-electron chi connectivity index (χ2n) is 12.1. The monoisotopic (exact) mass is 615 g/mol. The Morgan fingerprint density at radius 1 is 1.10 bits per heavy atom. The number of likely N-dealkylation sites (tertiary alicyclic amines) is 2. The van der Waals surface area contributed by atoms with Crippen molar-refractivity contribution in [3.63, 3.8) is 0 Å². The summed E-state index contributed by atoms with van der Waals surface area (Å²) in [5.41, 5.74) is 1.68. The summed E-state index contributed by atoms with van der Waals surface area (Å²) in [7, 11) is 0. The van der Waals surface area contributed by atoms with Crippen LogP contribution < -0.4 is 0 Å². The van der Waals surface area contributed by atoms with Crippen molar-refractivity contribution in [3.8, 4) is 17.1 Å².